The van der Waals surface area contributed by atoms with Gasteiger partial charge in [-0.25, -0.2) is 0 Å². The van der Waals surface area contributed by atoms with Crippen LogP contribution in [0.1, 0.15) is 44.5 Å². The van der Waals surface area contributed by atoms with Crippen LogP contribution in [-0.4, -0.2) is 22.6 Å². The zero-order valence-electron chi connectivity index (χ0n) is 23.4. The Morgan fingerprint density at radius 2 is 0.805 bits per heavy atom. The lowest BCUT2D eigenvalue weighted by atomic mass is 9.69. The maximum atomic E-state index is 15.2. The molecule has 0 aliphatic heterocycles. The average molecular weight is 573 g/mol. The molecule has 4 aromatic carbocycles. The molecule has 0 aliphatic carbocycles. The van der Waals surface area contributed by atoms with E-state index in [9.17, 15) is 10.2 Å². The number of benzene rings is 4. The van der Waals surface area contributed by atoms with Crippen molar-refractivity contribution >= 4 is 0 Å². The van der Waals surface area contributed by atoms with Crippen molar-refractivity contribution in [2.45, 2.75) is 59.3 Å². The molecular formula is C33H30F6O2. The summed E-state index contributed by atoms with van der Waals surface area (Å²) >= 11 is 0. The molecule has 0 amide bonds. The van der Waals surface area contributed by atoms with Gasteiger partial charge < -0.3 is 10.2 Å². The topological polar surface area (TPSA) is 40.5 Å². The Bertz CT molecular complexity index is 1520. The number of hydrogen-bond donors (Lipinski definition) is 2. The first-order valence-corrected chi connectivity index (χ1v) is 12.9. The summed E-state index contributed by atoms with van der Waals surface area (Å²) in [5, 5.41) is 22.4. The van der Waals surface area contributed by atoms with Crippen LogP contribution in [0.2, 0.25) is 0 Å². The van der Waals surface area contributed by atoms with E-state index in [4.69, 9.17) is 0 Å². The summed E-state index contributed by atoms with van der Waals surface area (Å²) in [6.07, 6.45) is -12.0. The van der Waals surface area contributed by atoms with Crippen molar-refractivity contribution in [3.63, 3.8) is 0 Å². The third-order valence-corrected chi connectivity index (χ3v) is 7.97. The van der Waals surface area contributed by atoms with Crippen LogP contribution in [0.4, 0.5) is 26.3 Å². The Hall–Kier alpha value is -3.94. The summed E-state index contributed by atoms with van der Waals surface area (Å²) in [6, 6.07) is 15.3. The third kappa shape index (κ3) is 4.53. The smallest absolute Gasteiger partial charge is 0.411 e. The molecule has 0 unspecified atom stereocenters. The summed E-state index contributed by atoms with van der Waals surface area (Å²) in [4.78, 5) is 0. The molecular weight excluding hydrogens is 542 g/mol. The second-order valence-corrected chi connectivity index (χ2v) is 10.6. The second kappa shape index (κ2) is 10.2. The van der Waals surface area contributed by atoms with E-state index >= 15 is 26.3 Å². The minimum Gasteiger partial charge on any atom is -0.507 e. The minimum absolute atomic E-state index is 0.118. The zero-order valence-corrected chi connectivity index (χ0v) is 23.4. The summed E-state index contributed by atoms with van der Waals surface area (Å²) in [5.74, 6) is -2.28. The molecule has 0 saturated carbocycles. The van der Waals surface area contributed by atoms with Crippen molar-refractivity contribution in [2.24, 2.45) is 0 Å². The molecule has 4 rings (SSSR count). The van der Waals surface area contributed by atoms with Gasteiger partial charge in [-0.1, -0.05) is 60.7 Å². The molecule has 8 heteroatoms. The lowest BCUT2D eigenvalue weighted by Gasteiger charge is -2.40. The van der Waals surface area contributed by atoms with Gasteiger partial charge in [-0.2, -0.15) is 26.3 Å². The summed E-state index contributed by atoms with van der Waals surface area (Å²) in [6.45, 7) is 8.92. The summed E-state index contributed by atoms with van der Waals surface area (Å²) in [7, 11) is 0. The van der Waals surface area contributed by atoms with Crippen LogP contribution in [-0.2, 0) is 5.41 Å². The van der Waals surface area contributed by atoms with E-state index in [0.29, 0.717) is 22.3 Å². The molecule has 2 N–H and O–H groups in total. The predicted molar refractivity (Wildman–Crippen MR) is 148 cm³/mol. The largest absolute Gasteiger partial charge is 0.507 e. The summed E-state index contributed by atoms with van der Waals surface area (Å²) in [5.41, 5.74) is -4.22. The monoisotopic (exact) mass is 572 g/mol. The third-order valence-electron chi connectivity index (χ3n) is 7.97. The normalized spacial score (nSPS) is 12.6. The molecule has 0 aromatic heterocycles. The van der Waals surface area contributed by atoms with Gasteiger partial charge in [-0.3, -0.25) is 0 Å². The van der Waals surface area contributed by atoms with E-state index in [1.807, 2.05) is 0 Å². The number of alkyl halides is 6. The van der Waals surface area contributed by atoms with Crippen LogP contribution in [0, 0.1) is 41.5 Å². The Morgan fingerprint density at radius 3 is 1.10 bits per heavy atom. The molecule has 4 aromatic rings. The second-order valence-electron chi connectivity index (χ2n) is 10.6. The van der Waals surface area contributed by atoms with Gasteiger partial charge in [0.15, 0.2) is 0 Å². The van der Waals surface area contributed by atoms with Crippen molar-refractivity contribution in [1.29, 1.82) is 0 Å². The summed E-state index contributed by atoms with van der Waals surface area (Å²) < 4.78 is 91.0. The van der Waals surface area contributed by atoms with E-state index in [-0.39, 0.29) is 22.3 Å². The fraction of sp³-hybridized carbons (Fsp3) is 0.273. The number of aryl methyl sites for hydroxylation is 4. The van der Waals surface area contributed by atoms with E-state index in [2.05, 4.69) is 0 Å². The van der Waals surface area contributed by atoms with Gasteiger partial charge in [0.05, 0.1) is 0 Å². The highest BCUT2D eigenvalue weighted by Gasteiger charge is 2.74. The van der Waals surface area contributed by atoms with Gasteiger partial charge in [-0.05, 0) is 97.2 Å². The Morgan fingerprint density at radius 1 is 0.488 bits per heavy atom. The van der Waals surface area contributed by atoms with Gasteiger partial charge >= 0.3 is 12.4 Å². The fourth-order valence-corrected chi connectivity index (χ4v) is 5.97. The van der Waals surface area contributed by atoms with Gasteiger partial charge in [0.1, 0.15) is 11.5 Å². The van der Waals surface area contributed by atoms with Crippen LogP contribution in [0.15, 0.2) is 60.7 Å². The molecule has 0 radical (unpaired) electrons. The van der Waals surface area contributed by atoms with E-state index in [0.717, 1.165) is 23.3 Å². The molecule has 2 nitrogen and oxygen atoms in total. The molecule has 0 bridgehead atoms. The number of phenolic OH excluding ortho intramolecular Hbond substituents is 2. The molecule has 0 heterocycles. The number of hydrogen-bond acceptors (Lipinski definition) is 2. The molecule has 0 aliphatic rings. The van der Waals surface area contributed by atoms with Crippen LogP contribution in [0.3, 0.4) is 0 Å². The van der Waals surface area contributed by atoms with E-state index < -0.39 is 40.4 Å². The van der Waals surface area contributed by atoms with E-state index in [1.54, 1.807) is 62.4 Å². The van der Waals surface area contributed by atoms with Gasteiger partial charge in [0.2, 0.25) is 5.41 Å². The first-order valence-electron chi connectivity index (χ1n) is 12.9. The number of rotatable bonds is 4. The lowest BCUT2D eigenvalue weighted by molar-refractivity contribution is -0.289. The van der Waals surface area contributed by atoms with Gasteiger partial charge in [-0.15, -0.1) is 0 Å². The number of phenols is 2. The lowest BCUT2D eigenvalue weighted by Crippen LogP contribution is -2.55. The Balaban J connectivity index is 2.16. The van der Waals surface area contributed by atoms with Crippen LogP contribution < -0.4 is 0 Å². The highest BCUT2D eigenvalue weighted by atomic mass is 19.4. The Labute approximate surface area is 234 Å². The van der Waals surface area contributed by atoms with Gasteiger partial charge in [0, 0.05) is 11.1 Å². The first kappa shape index (κ1) is 30.0. The first-order chi connectivity index (χ1) is 19.0. The predicted octanol–water partition coefficient (Wildman–Crippen LogP) is 9.69. The van der Waals surface area contributed by atoms with Crippen molar-refractivity contribution in [1.82, 2.24) is 0 Å². The molecule has 41 heavy (non-hydrogen) atoms. The van der Waals surface area contributed by atoms with Crippen LogP contribution in [0.25, 0.3) is 22.3 Å². The molecule has 0 saturated heterocycles. The van der Waals surface area contributed by atoms with Crippen LogP contribution in [0.5, 0.6) is 11.5 Å². The van der Waals surface area contributed by atoms with Crippen molar-refractivity contribution in [2.75, 3.05) is 0 Å². The minimum atomic E-state index is -5.99. The maximum absolute atomic E-state index is 15.2. The number of aromatic hydroxyl groups is 2. The molecule has 0 atom stereocenters. The highest BCUT2D eigenvalue weighted by molar-refractivity contribution is 5.80. The van der Waals surface area contributed by atoms with Crippen molar-refractivity contribution < 1.29 is 36.6 Å². The van der Waals surface area contributed by atoms with Gasteiger partial charge in [0.25, 0.3) is 0 Å². The van der Waals surface area contributed by atoms with Crippen molar-refractivity contribution in [3.05, 3.63) is 105 Å². The molecule has 216 valence electrons. The Kier molecular flexibility index (Phi) is 7.44. The quantitative estimate of drug-likeness (QED) is 0.239. The fourth-order valence-electron chi connectivity index (χ4n) is 5.97. The van der Waals surface area contributed by atoms with Crippen LogP contribution >= 0.6 is 0 Å². The zero-order chi connectivity index (χ0) is 30.7. The van der Waals surface area contributed by atoms with E-state index in [1.165, 1.54) is 27.7 Å². The highest BCUT2D eigenvalue weighted by Crippen LogP contribution is 2.61. The van der Waals surface area contributed by atoms with Crippen molar-refractivity contribution in [3.8, 4) is 33.8 Å². The standard InChI is InChI=1S/C33H30F6O2/c1-17-11-7-9-13-23(17)27-19(3)15-25(29(40)21(27)5)31(32(34,35)36,33(37,38)39)26-16-20(4)28(22(6)30(26)41)24-14-10-8-12-18(24)2/h7-16,40-41H,1-6H3. The SMILES string of the molecule is Cc1ccccc1-c1c(C)cc(C(c2cc(C)c(-c3ccccc3C)c(C)c2O)(C(F)(F)F)C(F)(F)F)c(O)c1C. The molecule has 0 fully saturated rings. The maximum Gasteiger partial charge on any atom is 0.411 e. The average Bonchev–Trinajstić information content (AvgIpc) is 2.86. The molecule has 0 spiro atoms. The number of halogens is 6.